The van der Waals surface area contributed by atoms with Crippen LogP contribution in [0.15, 0.2) is 6.08 Å². The number of aromatic nitrogens is 2. The normalized spacial score (nSPS) is 26.7. The summed E-state index contributed by atoms with van der Waals surface area (Å²) in [6.07, 6.45) is 4.21. The van der Waals surface area contributed by atoms with E-state index in [1.807, 2.05) is 6.08 Å². The van der Waals surface area contributed by atoms with Gasteiger partial charge in [-0.15, -0.1) is 5.10 Å². The van der Waals surface area contributed by atoms with Crippen LogP contribution in [0.4, 0.5) is 11.6 Å². The minimum Gasteiger partial charge on any atom is -0.392 e. The molecule has 1 fully saturated rings. The molecular weight excluding hydrogens is 232 g/mol. The number of nitrogen functional groups attached to an aromatic ring is 1. The van der Waals surface area contributed by atoms with Gasteiger partial charge in [0.25, 0.3) is 0 Å². The minimum atomic E-state index is -0.271. The molecule has 1 aromatic heterocycles. The smallest absolute Gasteiger partial charge is 0.166 e. The maximum absolute atomic E-state index is 9.55. The van der Waals surface area contributed by atoms with E-state index in [1.165, 1.54) is 0 Å². The summed E-state index contributed by atoms with van der Waals surface area (Å²) in [7, 11) is 0. The van der Waals surface area contributed by atoms with Gasteiger partial charge in [0, 0.05) is 19.3 Å². The third kappa shape index (κ3) is 1.63. The Balaban J connectivity index is 1.86. The SMILES string of the molecule is N#Cc1c(N)nn2c1NC(N1CCC(O)C1)C=C2. The Morgan fingerprint density at radius 3 is 3.11 bits per heavy atom. The van der Waals surface area contributed by atoms with Crippen molar-refractivity contribution in [3.8, 4) is 6.07 Å². The highest BCUT2D eigenvalue weighted by Gasteiger charge is 2.29. The zero-order valence-corrected chi connectivity index (χ0v) is 9.74. The van der Waals surface area contributed by atoms with Crippen molar-refractivity contribution < 1.29 is 5.11 Å². The van der Waals surface area contributed by atoms with Gasteiger partial charge in [0.2, 0.25) is 0 Å². The molecular formula is C11H14N6O. The number of anilines is 2. The first-order chi connectivity index (χ1) is 8.69. The van der Waals surface area contributed by atoms with Crippen LogP contribution in [0.25, 0.3) is 6.20 Å². The molecule has 2 atom stereocenters. The van der Waals surface area contributed by atoms with Crippen LogP contribution in [-0.2, 0) is 0 Å². The molecule has 0 aromatic carbocycles. The first-order valence-corrected chi connectivity index (χ1v) is 5.84. The fourth-order valence-electron chi connectivity index (χ4n) is 2.39. The molecule has 0 spiro atoms. The maximum atomic E-state index is 9.55. The summed E-state index contributed by atoms with van der Waals surface area (Å²) in [5, 5.41) is 25.9. The molecule has 7 heteroatoms. The Labute approximate surface area is 104 Å². The third-order valence-corrected chi connectivity index (χ3v) is 3.33. The van der Waals surface area contributed by atoms with E-state index < -0.39 is 0 Å². The summed E-state index contributed by atoms with van der Waals surface area (Å²) in [6, 6.07) is 2.05. The molecule has 0 amide bonds. The zero-order valence-electron chi connectivity index (χ0n) is 9.74. The molecule has 0 aliphatic carbocycles. The Morgan fingerprint density at radius 1 is 1.61 bits per heavy atom. The van der Waals surface area contributed by atoms with E-state index in [9.17, 15) is 5.11 Å². The number of hydrogen-bond donors (Lipinski definition) is 3. The van der Waals surface area contributed by atoms with E-state index in [2.05, 4.69) is 21.4 Å². The van der Waals surface area contributed by atoms with E-state index in [0.717, 1.165) is 13.0 Å². The van der Waals surface area contributed by atoms with Crippen molar-refractivity contribution in [2.45, 2.75) is 18.7 Å². The van der Waals surface area contributed by atoms with Crippen molar-refractivity contribution in [3.63, 3.8) is 0 Å². The van der Waals surface area contributed by atoms with Gasteiger partial charge in [-0.1, -0.05) is 0 Å². The number of fused-ring (bicyclic) bond motifs is 1. The number of β-amino-alcohol motifs (C(OH)–C–C–N with tert-alkyl or cyclic N) is 1. The molecule has 1 aromatic rings. The first kappa shape index (κ1) is 11.1. The second-order valence-corrected chi connectivity index (χ2v) is 4.53. The number of rotatable bonds is 1. The highest BCUT2D eigenvalue weighted by atomic mass is 16.3. The summed E-state index contributed by atoms with van der Waals surface area (Å²) < 4.78 is 1.57. The number of nitrogens with one attached hydrogen (secondary N) is 1. The van der Waals surface area contributed by atoms with Gasteiger partial charge < -0.3 is 16.2 Å². The van der Waals surface area contributed by atoms with Crippen molar-refractivity contribution in [2.24, 2.45) is 0 Å². The number of likely N-dealkylation sites (tertiary alicyclic amines) is 1. The lowest BCUT2D eigenvalue weighted by molar-refractivity contribution is 0.171. The third-order valence-electron chi connectivity index (χ3n) is 3.33. The molecule has 94 valence electrons. The van der Waals surface area contributed by atoms with Crippen LogP contribution < -0.4 is 11.1 Å². The summed E-state index contributed by atoms with van der Waals surface area (Å²) in [6.45, 7) is 1.46. The summed E-state index contributed by atoms with van der Waals surface area (Å²) >= 11 is 0. The fourth-order valence-corrected chi connectivity index (χ4v) is 2.39. The molecule has 1 saturated heterocycles. The van der Waals surface area contributed by atoms with Gasteiger partial charge in [-0.2, -0.15) is 5.26 Å². The van der Waals surface area contributed by atoms with Crippen LogP contribution in [0.3, 0.4) is 0 Å². The Bertz CT molecular complexity index is 542. The molecule has 0 saturated carbocycles. The number of hydrogen-bond acceptors (Lipinski definition) is 6. The second-order valence-electron chi connectivity index (χ2n) is 4.53. The largest absolute Gasteiger partial charge is 0.392 e. The van der Waals surface area contributed by atoms with Gasteiger partial charge in [-0.05, 0) is 12.5 Å². The van der Waals surface area contributed by atoms with Crippen molar-refractivity contribution in [1.29, 1.82) is 5.26 Å². The summed E-state index contributed by atoms with van der Waals surface area (Å²) in [5.41, 5.74) is 6.04. The number of nitrogens with zero attached hydrogens (tertiary/aromatic N) is 4. The number of aliphatic hydroxyl groups is 1. The lowest BCUT2D eigenvalue weighted by Crippen LogP contribution is -2.40. The minimum absolute atomic E-state index is 0.0298. The molecule has 2 aliphatic rings. The summed E-state index contributed by atoms with van der Waals surface area (Å²) in [4.78, 5) is 2.12. The highest BCUT2D eigenvalue weighted by molar-refractivity contribution is 5.68. The van der Waals surface area contributed by atoms with Gasteiger partial charge in [-0.25, -0.2) is 4.68 Å². The average molecular weight is 246 g/mol. The van der Waals surface area contributed by atoms with Crippen molar-refractivity contribution in [3.05, 3.63) is 11.6 Å². The molecule has 2 unspecified atom stereocenters. The second kappa shape index (κ2) is 4.01. The average Bonchev–Trinajstić information content (AvgIpc) is 2.91. The molecule has 7 nitrogen and oxygen atoms in total. The van der Waals surface area contributed by atoms with Gasteiger partial charge >= 0.3 is 0 Å². The fraction of sp³-hybridized carbons (Fsp3) is 0.455. The summed E-state index contributed by atoms with van der Waals surface area (Å²) in [5.74, 6) is 0.843. The monoisotopic (exact) mass is 246 g/mol. The van der Waals surface area contributed by atoms with Crippen molar-refractivity contribution >= 4 is 17.8 Å². The van der Waals surface area contributed by atoms with Crippen LogP contribution in [0.5, 0.6) is 0 Å². The topological polar surface area (TPSA) is 103 Å². The van der Waals surface area contributed by atoms with Crippen molar-refractivity contribution in [1.82, 2.24) is 14.7 Å². The maximum Gasteiger partial charge on any atom is 0.166 e. The molecule has 3 rings (SSSR count). The molecule has 4 N–H and O–H groups in total. The van der Waals surface area contributed by atoms with Gasteiger partial charge in [0.05, 0.1) is 6.10 Å². The van der Waals surface area contributed by atoms with Crippen LogP contribution in [0.1, 0.15) is 12.0 Å². The van der Waals surface area contributed by atoms with Gasteiger partial charge in [0.1, 0.15) is 17.8 Å². The van der Waals surface area contributed by atoms with Crippen LogP contribution in [0.2, 0.25) is 0 Å². The number of nitrogens with two attached hydrogens (primary N) is 1. The highest BCUT2D eigenvalue weighted by Crippen LogP contribution is 2.27. The van der Waals surface area contributed by atoms with E-state index in [0.29, 0.717) is 17.9 Å². The predicted octanol–water partition coefficient (Wildman–Crippen LogP) is -0.374. The van der Waals surface area contributed by atoms with E-state index in [1.54, 1.807) is 10.9 Å². The number of nitriles is 1. The first-order valence-electron chi connectivity index (χ1n) is 5.84. The van der Waals surface area contributed by atoms with Gasteiger partial charge in [0.15, 0.2) is 11.6 Å². The Kier molecular flexibility index (Phi) is 2.47. The van der Waals surface area contributed by atoms with E-state index in [-0.39, 0.29) is 18.1 Å². The molecule has 18 heavy (non-hydrogen) atoms. The number of aliphatic hydroxyl groups excluding tert-OH is 1. The molecule has 0 bridgehead atoms. The van der Waals surface area contributed by atoms with Crippen LogP contribution in [-0.4, -0.2) is 45.1 Å². The zero-order chi connectivity index (χ0) is 12.7. The quantitative estimate of drug-likeness (QED) is 0.624. The van der Waals surface area contributed by atoms with E-state index >= 15 is 0 Å². The molecule has 0 radical (unpaired) electrons. The van der Waals surface area contributed by atoms with Crippen LogP contribution in [0, 0.1) is 11.3 Å². The lowest BCUT2D eigenvalue weighted by Gasteiger charge is -2.28. The standard InChI is InChI=1S/C11H14N6O/c12-5-8-10(13)15-17-4-2-9(14-11(8)17)16-3-1-7(18)6-16/h2,4,7,9,14,18H,1,3,6H2,(H2,13,15). The van der Waals surface area contributed by atoms with Gasteiger partial charge in [-0.3, -0.25) is 4.90 Å². The Morgan fingerprint density at radius 2 is 2.44 bits per heavy atom. The lowest BCUT2D eigenvalue weighted by atomic mass is 10.3. The van der Waals surface area contributed by atoms with Crippen molar-refractivity contribution in [2.75, 3.05) is 24.1 Å². The van der Waals surface area contributed by atoms with Crippen LogP contribution >= 0.6 is 0 Å². The Hall–Kier alpha value is -2.04. The van der Waals surface area contributed by atoms with E-state index in [4.69, 9.17) is 11.0 Å². The molecule has 3 heterocycles. The predicted molar refractivity (Wildman–Crippen MR) is 66.3 cm³/mol. The molecule has 2 aliphatic heterocycles.